The van der Waals surface area contributed by atoms with Crippen LogP contribution in [0.15, 0.2) is 0 Å². The van der Waals surface area contributed by atoms with Gasteiger partial charge in [-0.2, -0.15) is 0 Å². The lowest BCUT2D eigenvalue weighted by Crippen LogP contribution is -2.30. The summed E-state index contributed by atoms with van der Waals surface area (Å²) in [5, 5.41) is 0. The monoisotopic (exact) mass is 138 g/mol. The first-order valence-corrected chi connectivity index (χ1v) is 4.62. The molecule has 2 atom stereocenters. The van der Waals surface area contributed by atoms with Crippen LogP contribution in [0.3, 0.4) is 0 Å². The van der Waals surface area contributed by atoms with Crippen LogP contribution in [0.4, 0.5) is 0 Å². The summed E-state index contributed by atoms with van der Waals surface area (Å²) >= 11 is 0. The minimum Gasteiger partial charge on any atom is -0.0651 e. The van der Waals surface area contributed by atoms with Gasteiger partial charge in [0.25, 0.3) is 0 Å². The molecule has 0 aromatic rings. The van der Waals surface area contributed by atoms with Crippen LogP contribution in [0.2, 0.25) is 0 Å². The maximum Gasteiger partial charge on any atom is -0.0212 e. The molecule has 0 heterocycles. The lowest BCUT2D eigenvalue weighted by Gasteiger charge is -2.40. The molecular weight excluding hydrogens is 120 g/mol. The second kappa shape index (κ2) is 1.60. The zero-order valence-corrected chi connectivity index (χ0v) is 7.41. The fraction of sp³-hybridized carbons (Fsp3) is 1.00. The van der Waals surface area contributed by atoms with Gasteiger partial charge in [0.1, 0.15) is 0 Å². The third kappa shape index (κ3) is 0.538. The van der Waals surface area contributed by atoms with Crippen molar-refractivity contribution in [2.75, 3.05) is 0 Å². The molecule has 0 N–H and O–H groups in total. The summed E-state index contributed by atoms with van der Waals surface area (Å²) in [6, 6.07) is 0. The molecule has 2 unspecified atom stereocenters. The molecule has 1 spiro atoms. The highest BCUT2D eigenvalue weighted by molar-refractivity contribution is 5.17. The Morgan fingerprint density at radius 1 is 1.40 bits per heavy atom. The second-order valence-corrected chi connectivity index (χ2v) is 4.86. The van der Waals surface area contributed by atoms with Crippen LogP contribution in [0, 0.1) is 16.7 Å². The third-order valence-electron chi connectivity index (χ3n) is 4.19. The van der Waals surface area contributed by atoms with E-state index in [4.69, 9.17) is 0 Å². The summed E-state index contributed by atoms with van der Waals surface area (Å²) in [6.07, 6.45) is 5.97. The summed E-state index contributed by atoms with van der Waals surface area (Å²) in [4.78, 5) is 0. The SMILES string of the molecule is CCC1CCC12CC2(C)C. The van der Waals surface area contributed by atoms with E-state index in [0.29, 0.717) is 5.41 Å². The van der Waals surface area contributed by atoms with E-state index in [0.717, 1.165) is 11.3 Å². The molecule has 2 aliphatic carbocycles. The van der Waals surface area contributed by atoms with Crippen molar-refractivity contribution in [2.45, 2.75) is 46.5 Å². The van der Waals surface area contributed by atoms with Gasteiger partial charge in [0.2, 0.25) is 0 Å². The van der Waals surface area contributed by atoms with Crippen molar-refractivity contribution >= 4 is 0 Å². The van der Waals surface area contributed by atoms with Gasteiger partial charge in [0.05, 0.1) is 0 Å². The minimum absolute atomic E-state index is 0.714. The lowest BCUT2D eigenvalue weighted by molar-refractivity contribution is 0.100. The zero-order chi connectivity index (χ0) is 7.41. The third-order valence-corrected chi connectivity index (χ3v) is 4.19. The first kappa shape index (κ1) is 6.69. The van der Waals surface area contributed by atoms with Crippen LogP contribution in [0.25, 0.3) is 0 Å². The topological polar surface area (TPSA) is 0 Å². The Hall–Kier alpha value is 0. The molecule has 10 heavy (non-hydrogen) atoms. The molecule has 2 rings (SSSR count). The van der Waals surface area contributed by atoms with E-state index in [1.807, 2.05) is 0 Å². The molecule has 0 saturated heterocycles. The van der Waals surface area contributed by atoms with E-state index in [2.05, 4.69) is 20.8 Å². The minimum atomic E-state index is 0.714. The first-order valence-electron chi connectivity index (χ1n) is 4.62. The Bertz CT molecular complexity index is 155. The van der Waals surface area contributed by atoms with Crippen LogP contribution in [-0.4, -0.2) is 0 Å². The van der Waals surface area contributed by atoms with Gasteiger partial charge < -0.3 is 0 Å². The lowest BCUT2D eigenvalue weighted by atomic mass is 9.65. The molecule has 0 nitrogen and oxygen atoms in total. The number of rotatable bonds is 1. The molecule has 2 aliphatic rings. The van der Waals surface area contributed by atoms with Crippen molar-refractivity contribution < 1.29 is 0 Å². The van der Waals surface area contributed by atoms with E-state index in [-0.39, 0.29) is 0 Å². The average molecular weight is 138 g/mol. The largest absolute Gasteiger partial charge is 0.0651 e. The molecule has 2 saturated carbocycles. The summed E-state index contributed by atoms with van der Waals surface area (Å²) in [5.41, 5.74) is 1.55. The summed E-state index contributed by atoms with van der Waals surface area (Å²) in [5.74, 6) is 1.09. The predicted octanol–water partition coefficient (Wildman–Crippen LogP) is 3.22. The smallest absolute Gasteiger partial charge is 0.0212 e. The predicted molar refractivity (Wildman–Crippen MR) is 43.8 cm³/mol. The average Bonchev–Trinajstić information content (AvgIpc) is 2.36. The van der Waals surface area contributed by atoms with Crippen molar-refractivity contribution in [3.63, 3.8) is 0 Å². The second-order valence-electron chi connectivity index (χ2n) is 4.86. The van der Waals surface area contributed by atoms with Crippen LogP contribution >= 0.6 is 0 Å². The van der Waals surface area contributed by atoms with Crippen LogP contribution < -0.4 is 0 Å². The molecule has 0 bridgehead atoms. The Kier molecular flexibility index (Phi) is 1.07. The Morgan fingerprint density at radius 2 is 2.00 bits per heavy atom. The highest BCUT2D eigenvalue weighted by Gasteiger charge is 2.67. The van der Waals surface area contributed by atoms with Gasteiger partial charge in [-0.3, -0.25) is 0 Å². The quantitative estimate of drug-likeness (QED) is 0.522. The Morgan fingerprint density at radius 3 is 2.10 bits per heavy atom. The van der Waals surface area contributed by atoms with Gasteiger partial charge in [-0.25, -0.2) is 0 Å². The first-order chi connectivity index (χ1) is 4.62. The van der Waals surface area contributed by atoms with E-state index < -0.39 is 0 Å². The van der Waals surface area contributed by atoms with E-state index in [1.165, 1.54) is 25.7 Å². The van der Waals surface area contributed by atoms with Gasteiger partial charge in [0.15, 0.2) is 0 Å². The van der Waals surface area contributed by atoms with Crippen molar-refractivity contribution in [1.82, 2.24) is 0 Å². The van der Waals surface area contributed by atoms with Crippen molar-refractivity contribution in [3.05, 3.63) is 0 Å². The van der Waals surface area contributed by atoms with Crippen LogP contribution in [-0.2, 0) is 0 Å². The molecule has 0 amide bonds. The molecule has 0 aromatic carbocycles. The van der Waals surface area contributed by atoms with Gasteiger partial charge in [-0.05, 0) is 36.0 Å². The van der Waals surface area contributed by atoms with Gasteiger partial charge in [0, 0.05) is 0 Å². The van der Waals surface area contributed by atoms with Crippen molar-refractivity contribution in [1.29, 1.82) is 0 Å². The normalized spacial score (nSPS) is 48.9. The van der Waals surface area contributed by atoms with E-state index in [9.17, 15) is 0 Å². The van der Waals surface area contributed by atoms with Crippen LogP contribution in [0.5, 0.6) is 0 Å². The molecule has 2 fully saturated rings. The Labute approximate surface area is 64.0 Å². The Balaban J connectivity index is 2.08. The summed E-state index contributed by atoms with van der Waals surface area (Å²) < 4.78 is 0. The van der Waals surface area contributed by atoms with Gasteiger partial charge in [-0.1, -0.05) is 27.2 Å². The van der Waals surface area contributed by atoms with E-state index >= 15 is 0 Å². The fourth-order valence-corrected chi connectivity index (χ4v) is 3.16. The molecule has 0 aromatic heterocycles. The molecule has 58 valence electrons. The maximum atomic E-state index is 2.44. The highest BCUT2D eigenvalue weighted by atomic mass is 14.7. The number of hydrogen-bond donors (Lipinski definition) is 0. The van der Waals surface area contributed by atoms with Gasteiger partial charge in [-0.15, -0.1) is 0 Å². The fourth-order valence-electron chi connectivity index (χ4n) is 3.16. The summed E-state index contributed by atoms with van der Waals surface area (Å²) in [6.45, 7) is 7.23. The molecular formula is C10H18. The molecule has 0 aliphatic heterocycles. The van der Waals surface area contributed by atoms with Crippen molar-refractivity contribution in [3.8, 4) is 0 Å². The van der Waals surface area contributed by atoms with Crippen LogP contribution in [0.1, 0.15) is 46.5 Å². The number of hydrogen-bond acceptors (Lipinski definition) is 0. The zero-order valence-electron chi connectivity index (χ0n) is 7.41. The standard InChI is InChI=1S/C10H18/c1-4-8-5-6-10(8)7-9(10,2)3/h8H,4-7H2,1-3H3. The molecule has 0 radical (unpaired) electrons. The maximum absolute atomic E-state index is 2.44. The molecule has 0 heteroatoms. The van der Waals surface area contributed by atoms with Gasteiger partial charge >= 0.3 is 0 Å². The van der Waals surface area contributed by atoms with Crippen molar-refractivity contribution in [2.24, 2.45) is 16.7 Å². The summed E-state index contributed by atoms with van der Waals surface area (Å²) in [7, 11) is 0. The highest BCUT2D eigenvalue weighted by Crippen LogP contribution is 2.76. The van der Waals surface area contributed by atoms with E-state index in [1.54, 1.807) is 0 Å².